The summed E-state index contributed by atoms with van der Waals surface area (Å²) in [4.78, 5) is 30.4. The Labute approximate surface area is 147 Å². The molecule has 0 saturated carbocycles. The van der Waals surface area contributed by atoms with Gasteiger partial charge in [0.2, 0.25) is 0 Å². The molecule has 7 nitrogen and oxygen atoms in total. The van der Waals surface area contributed by atoms with Gasteiger partial charge in [-0.15, -0.1) is 11.3 Å². The van der Waals surface area contributed by atoms with Gasteiger partial charge in [0.15, 0.2) is 7.05 Å². The molecule has 130 valence electrons. The molecule has 3 N–H and O–H groups in total. The zero-order chi connectivity index (χ0) is 17.6. The van der Waals surface area contributed by atoms with Crippen LogP contribution in [0, 0.1) is 0 Å². The van der Waals surface area contributed by atoms with Crippen molar-refractivity contribution in [2.24, 2.45) is 7.05 Å². The van der Waals surface area contributed by atoms with E-state index in [-0.39, 0.29) is 5.69 Å². The van der Waals surface area contributed by atoms with E-state index in [1.807, 2.05) is 0 Å². The number of hydrogen-bond acceptors (Lipinski definition) is 6. The van der Waals surface area contributed by atoms with E-state index in [0.717, 1.165) is 41.6 Å². The standard InChI is InChI=1S/C17H18N4O3S/c1-21-13(17(23)24-20-21)14(22)15-12(18)10-8-9-6-4-2-3-5-7-11(9)19-16(10)25-15/h8H,2-7H2,1H3,(H2-,18,20,22,23)/p+1. The number of nitrogens with one attached hydrogen (secondary N) is 1. The molecule has 0 bridgehead atoms. The molecule has 3 aromatic rings. The number of anilines is 1. The minimum Gasteiger partial charge on any atom is -0.397 e. The first-order valence-electron chi connectivity index (χ1n) is 8.39. The lowest BCUT2D eigenvalue weighted by Gasteiger charge is -2.12. The minimum absolute atomic E-state index is 0.0726. The summed E-state index contributed by atoms with van der Waals surface area (Å²) >= 11 is 1.24. The molecule has 0 aromatic carbocycles. The van der Waals surface area contributed by atoms with Crippen molar-refractivity contribution in [2.45, 2.75) is 38.5 Å². The Kier molecular flexibility index (Phi) is 3.91. The number of ketones is 1. The van der Waals surface area contributed by atoms with Crippen molar-refractivity contribution in [2.75, 3.05) is 5.73 Å². The Bertz CT molecular complexity index is 1030. The molecule has 25 heavy (non-hydrogen) atoms. The lowest BCUT2D eigenvalue weighted by Crippen LogP contribution is -2.39. The van der Waals surface area contributed by atoms with Crippen LogP contribution in [0.3, 0.4) is 0 Å². The third-order valence-electron chi connectivity index (χ3n) is 4.72. The lowest BCUT2D eigenvalue weighted by atomic mass is 9.96. The molecule has 8 heteroatoms. The summed E-state index contributed by atoms with van der Waals surface area (Å²) in [5, 5.41) is 3.16. The number of nitrogens with two attached hydrogens (primary N) is 1. The zero-order valence-corrected chi connectivity index (χ0v) is 14.7. The molecule has 0 fully saturated rings. The highest BCUT2D eigenvalue weighted by Gasteiger charge is 2.31. The van der Waals surface area contributed by atoms with Crippen LogP contribution in [0.1, 0.15) is 52.3 Å². The van der Waals surface area contributed by atoms with Gasteiger partial charge in [0.25, 0.3) is 5.78 Å². The molecule has 0 saturated heterocycles. The Morgan fingerprint density at radius 2 is 2.08 bits per heavy atom. The van der Waals surface area contributed by atoms with Gasteiger partial charge < -0.3 is 5.73 Å². The average molecular weight is 359 g/mol. The lowest BCUT2D eigenvalue weighted by molar-refractivity contribution is -0.741. The molecule has 0 aliphatic heterocycles. The molecule has 0 unspecified atom stereocenters. The number of H-pyrrole nitrogens is 1. The summed E-state index contributed by atoms with van der Waals surface area (Å²) in [5.74, 6) is -0.439. The first-order chi connectivity index (χ1) is 12.1. The molecule has 3 heterocycles. The fourth-order valence-electron chi connectivity index (χ4n) is 3.38. The largest absolute Gasteiger partial charge is 0.438 e. The van der Waals surface area contributed by atoms with Crippen LogP contribution in [0.25, 0.3) is 10.2 Å². The maximum absolute atomic E-state index is 12.8. The Morgan fingerprint density at radius 3 is 2.80 bits per heavy atom. The van der Waals surface area contributed by atoms with Crippen molar-refractivity contribution in [1.82, 2.24) is 10.3 Å². The van der Waals surface area contributed by atoms with Gasteiger partial charge >= 0.3 is 11.3 Å². The monoisotopic (exact) mass is 359 g/mol. The predicted molar refractivity (Wildman–Crippen MR) is 93.8 cm³/mol. The van der Waals surface area contributed by atoms with Crippen LogP contribution in [-0.4, -0.2) is 16.0 Å². The van der Waals surface area contributed by atoms with Crippen molar-refractivity contribution in [1.29, 1.82) is 0 Å². The predicted octanol–water partition coefficient (Wildman–Crippen LogP) is 1.87. The van der Waals surface area contributed by atoms with Crippen LogP contribution < -0.4 is 16.0 Å². The summed E-state index contributed by atoms with van der Waals surface area (Å²) in [6.07, 6.45) is 6.71. The van der Waals surface area contributed by atoms with Crippen molar-refractivity contribution in [3.63, 3.8) is 0 Å². The SMILES string of the molecule is C[n+]1[nH]oc(=O)c1C(=O)c1sc2nc3c(cc2c1N)CCCCCC3. The molecular weight excluding hydrogens is 340 g/mol. The molecule has 1 aliphatic carbocycles. The number of carbonyl (C=O) groups is 1. The van der Waals surface area contributed by atoms with Crippen molar-refractivity contribution in [3.8, 4) is 0 Å². The maximum atomic E-state index is 12.8. The first-order valence-corrected chi connectivity index (χ1v) is 9.21. The Hall–Kier alpha value is -2.48. The number of thiophene rings is 1. The Balaban J connectivity index is 1.85. The topological polar surface area (TPSA) is 106 Å². The molecule has 0 spiro atoms. The third kappa shape index (κ3) is 2.66. The van der Waals surface area contributed by atoms with E-state index < -0.39 is 11.4 Å². The number of carbonyl (C=O) groups excluding carboxylic acids is 1. The van der Waals surface area contributed by atoms with Crippen LogP contribution >= 0.6 is 11.3 Å². The molecule has 0 amide bonds. The van der Waals surface area contributed by atoms with E-state index in [2.05, 4.69) is 15.9 Å². The Morgan fingerprint density at radius 1 is 1.32 bits per heavy atom. The van der Waals surface area contributed by atoms with Crippen LogP contribution in [-0.2, 0) is 19.9 Å². The zero-order valence-electron chi connectivity index (χ0n) is 13.9. The summed E-state index contributed by atoms with van der Waals surface area (Å²) in [6.45, 7) is 0. The number of aromatic nitrogens is 3. The van der Waals surface area contributed by atoms with Gasteiger partial charge in [0.05, 0.1) is 5.69 Å². The highest BCUT2D eigenvalue weighted by atomic mass is 32.1. The number of hydrogen-bond donors (Lipinski definition) is 2. The van der Waals surface area contributed by atoms with E-state index in [0.29, 0.717) is 10.6 Å². The fourth-order valence-corrected chi connectivity index (χ4v) is 4.41. The van der Waals surface area contributed by atoms with Gasteiger partial charge in [0, 0.05) is 11.1 Å². The van der Waals surface area contributed by atoms with Crippen LogP contribution in [0.15, 0.2) is 15.4 Å². The highest BCUT2D eigenvalue weighted by molar-refractivity contribution is 7.21. The van der Waals surface area contributed by atoms with Gasteiger partial charge in [-0.2, -0.15) is 0 Å². The number of pyridine rings is 1. The summed E-state index contributed by atoms with van der Waals surface area (Å²) in [7, 11) is 1.55. The van der Waals surface area contributed by atoms with E-state index in [1.165, 1.54) is 34.4 Å². The number of fused-ring (bicyclic) bond motifs is 2. The van der Waals surface area contributed by atoms with Gasteiger partial charge in [-0.1, -0.05) is 17.5 Å². The smallest absolute Gasteiger partial charge is 0.397 e. The van der Waals surface area contributed by atoms with E-state index >= 15 is 0 Å². The number of aryl methyl sites for hydroxylation is 3. The van der Waals surface area contributed by atoms with Crippen LogP contribution in [0.2, 0.25) is 0 Å². The number of nitrogen functional groups attached to an aromatic ring is 1. The van der Waals surface area contributed by atoms with Crippen molar-refractivity contribution in [3.05, 3.63) is 38.3 Å². The maximum Gasteiger partial charge on any atom is 0.438 e. The second-order valence-corrected chi connectivity index (χ2v) is 7.42. The fraction of sp³-hybridized carbons (Fsp3) is 0.412. The minimum atomic E-state index is -0.704. The normalized spacial score (nSPS) is 14.9. The average Bonchev–Trinajstić information content (AvgIpc) is 3.07. The second kappa shape index (κ2) is 6.11. The molecular formula is C17H19N4O3S+. The number of nitrogens with zero attached hydrogens (tertiary/aromatic N) is 2. The van der Waals surface area contributed by atoms with Crippen LogP contribution in [0.4, 0.5) is 5.69 Å². The van der Waals surface area contributed by atoms with Crippen molar-refractivity contribution < 1.29 is 14.0 Å². The van der Waals surface area contributed by atoms with E-state index in [4.69, 9.17) is 10.7 Å². The quantitative estimate of drug-likeness (QED) is 0.537. The first kappa shape index (κ1) is 16.0. The summed E-state index contributed by atoms with van der Waals surface area (Å²) < 4.78 is 5.94. The molecule has 4 rings (SSSR count). The molecule has 1 aliphatic rings. The van der Waals surface area contributed by atoms with Gasteiger partial charge in [-0.3, -0.25) is 9.32 Å². The molecule has 0 radical (unpaired) electrons. The van der Waals surface area contributed by atoms with Gasteiger partial charge in [-0.05, 0) is 42.6 Å². The van der Waals surface area contributed by atoms with E-state index in [9.17, 15) is 9.59 Å². The number of rotatable bonds is 2. The van der Waals surface area contributed by atoms with E-state index in [1.54, 1.807) is 7.05 Å². The van der Waals surface area contributed by atoms with Gasteiger partial charge in [0.1, 0.15) is 9.71 Å². The van der Waals surface area contributed by atoms with Crippen LogP contribution in [0.5, 0.6) is 0 Å². The second-order valence-electron chi connectivity index (χ2n) is 6.42. The number of aromatic amines is 1. The van der Waals surface area contributed by atoms with Crippen molar-refractivity contribution >= 4 is 33.0 Å². The molecule has 3 aromatic heterocycles. The highest BCUT2D eigenvalue weighted by Crippen LogP contribution is 2.35. The van der Waals surface area contributed by atoms with Gasteiger partial charge in [-0.25, -0.2) is 9.78 Å². The molecule has 0 atom stereocenters. The summed E-state index contributed by atoms with van der Waals surface area (Å²) in [6, 6.07) is 2.07. The summed E-state index contributed by atoms with van der Waals surface area (Å²) in [5.41, 5.74) is 8.20. The third-order valence-corrected chi connectivity index (χ3v) is 5.84.